The number of nitrogens with zero attached hydrogens (tertiary/aromatic N) is 2. The average Bonchev–Trinajstić information content (AvgIpc) is 2.82. The highest BCUT2D eigenvalue weighted by molar-refractivity contribution is 6.01. The van der Waals surface area contributed by atoms with Gasteiger partial charge in [-0.3, -0.25) is 9.69 Å². The third kappa shape index (κ3) is 3.85. The van der Waals surface area contributed by atoms with Crippen LogP contribution in [0.3, 0.4) is 0 Å². The molecule has 2 aliphatic rings. The third-order valence-corrected chi connectivity index (χ3v) is 6.09. The maximum absolute atomic E-state index is 13.4. The number of carbonyl (C=O) groups excluding carboxylic acids is 1. The molecule has 0 fully saturated rings. The van der Waals surface area contributed by atoms with E-state index in [2.05, 4.69) is 6.07 Å². The molecule has 0 bridgehead atoms. The highest BCUT2D eigenvalue weighted by Crippen LogP contribution is 2.49. The van der Waals surface area contributed by atoms with Crippen LogP contribution in [0.1, 0.15) is 36.3 Å². The Bertz CT molecular complexity index is 1260. The number of Topliss-reactive ketones (excluding diaryl/α,β-unsaturated/α-hetero) is 1. The number of halogens is 3. The van der Waals surface area contributed by atoms with Gasteiger partial charge in [-0.1, -0.05) is 6.07 Å². The van der Waals surface area contributed by atoms with Gasteiger partial charge in [0.1, 0.15) is 17.3 Å². The molecule has 0 radical (unpaired) electrons. The summed E-state index contributed by atoms with van der Waals surface area (Å²) in [6.45, 7) is 0. The van der Waals surface area contributed by atoms with Gasteiger partial charge in [-0.05, 0) is 49.2 Å². The third-order valence-electron chi connectivity index (χ3n) is 6.09. The summed E-state index contributed by atoms with van der Waals surface area (Å²) in [7, 11) is 2.97. The van der Waals surface area contributed by atoms with Crippen LogP contribution in [0.2, 0.25) is 0 Å². The largest absolute Gasteiger partial charge is 0.497 e. The van der Waals surface area contributed by atoms with E-state index >= 15 is 0 Å². The zero-order valence-electron chi connectivity index (χ0n) is 18.6. The monoisotopic (exact) mass is 469 g/mol. The fourth-order valence-electron chi connectivity index (χ4n) is 4.58. The number of hydrogen-bond acceptors (Lipinski definition) is 6. The normalized spacial score (nSPS) is 18.5. The number of methoxy groups -OCH3 is 2. The lowest BCUT2D eigenvalue weighted by Crippen LogP contribution is -2.39. The Kier molecular flexibility index (Phi) is 6.00. The Labute approximate surface area is 194 Å². The van der Waals surface area contributed by atoms with Crippen molar-refractivity contribution < 1.29 is 27.4 Å². The number of ether oxygens (including phenoxy) is 2. The van der Waals surface area contributed by atoms with Gasteiger partial charge in [0.05, 0.1) is 37.3 Å². The first-order chi connectivity index (χ1) is 16.2. The lowest BCUT2D eigenvalue weighted by Gasteiger charge is -2.40. The second kappa shape index (κ2) is 8.78. The lowest BCUT2D eigenvalue weighted by molar-refractivity contribution is -0.137. The predicted octanol–water partition coefficient (Wildman–Crippen LogP) is 5.03. The summed E-state index contributed by atoms with van der Waals surface area (Å²) in [6.07, 6.45) is -3.36. The number of nitrogens with two attached hydrogens (primary N) is 1. The molecule has 9 heteroatoms. The Balaban J connectivity index is 1.99. The highest BCUT2D eigenvalue weighted by atomic mass is 19.4. The van der Waals surface area contributed by atoms with E-state index in [0.29, 0.717) is 41.2 Å². The molecule has 4 rings (SSSR count). The first-order valence-corrected chi connectivity index (χ1v) is 10.6. The smallest absolute Gasteiger partial charge is 0.416 e. The standard InChI is InChI=1S/C25H22F3N3O3/c1-33-16-9-10-21(34-2)17(12-16)22-18(13-29)24(30)31(19-7-4-8-20(32)23(19)22)15-6-3-5-14(11-15)25(26,27)28/h3,5-6,9-12,22H,4,7-8,30H2,1-2H3. The Hall–Kier alpha value is -3.93. The second-order valence-electron chi connectivity index (χ2n) is 7.97. The average molecular weight is 469 g/mol. The minimum atomic E-state index is -4.56. The van der Waals surface area contributed by atoms with Crippen molar-refractivity contribution in [1.82, 2.24) is 0 Å². The fraction of sp³-hybridized carbons (Fsp3) is 0.280. The van der Waals surface area contributed by atoms with Crippen molar-refractivity contribution >= 4 is 11.5 Å². The molecule has 0 saturated heterocycles. The van der Waals surface area contributed by atoms with Gasteiger partial charge in [-0.15, -0.1) is 0 Å². The molecular weight excluding hydrogens is 447 g/mol. The molecule has 1 heterocycles. The molecule has 2 N–H and O–H groups in total. The van der Waals surface area contributed by atoms with E-state index in [1.165, 1.54) is 31.3 Å². The van der Waals surface area contributed by atoms with Crippen LogP contribution in [-0.4, -0.2) is 20.0 Å². The van der Waals surface area contributed by atoms with Gasteiger partial charge in [0.2, 0.25) is 0 Å². The maximum Gasteiger partial charge on any atom is 0.416 e. The number of alkyl halides is 3. The SMILES string of the molecule is COc1ccc(OC)c(C2C(C#N)=C(N)N(c3cccc(C(F)(F)F)c3)C3=C2C(=O)CCC3)c1. The van der Waals surface area contributed by atoms with Crippen LogP contribution in [0.5, 0.6) is 11.5 Å². The first kappa shape index (κ1) is 23.2. The van der Waals surface area contributed by atoms with E-state index in [4.69, 9.17) is 15.2 Å². The van der Waals surface area contributed by atoms with Crippen LogP contribution in [0.4, 0.5) is 18.9 Å². The van der Waals surface area contributed by atoms with E-state index in [1.54, 1.807) is 18.2 Å². The molecule has 34 heavy (non-hydrogen) atoms. The van der Waals surface area contributed by atoms with Gasteiger partial charge < -0.3 is 15.2 Å². The quantitative estimate of drug-likeness (QED) is 0.676. The fourth-order valence-corrected chi connectivity index (χ4v) is 4.58. The van der Waals surface area contributed by atoms with Crippen molar-refractivity contribution in [2.45, 2.75) is 31.4 Å². The van der Waals surface area contributed by atoms with Gasteiger partial charge >= 0.3 is 6.18 Å². The highest BCUT2D eigenvalue weighted by Gasteiger charge is 2.42. The Morgan fingerprint density at radius 2 is 1.88 bits per heavy atom. The van der Waals surface area contributed by atoms with Crippen LogP contribution in [-0.2, 0) is 11.0 Å². The molecule has 1 unspecified atom stereocenters. The minimum absolute atomic E-state index is 0.0230. The summed E-state index contributed by atoms with van der Waals surface area (Å²) in [5.41, 5.74) is 7.14. The lowest BCUT2D eigenvalue weighted by atomic mass is 9.75. The van der Waals surface area contributed by atoms with Crippen LogP contribution in [0.15, 0.2) is 65.1 Å². The predicted molar refractivity (Wildman–Crippen MR) is 119 cm³/mol. The summed E-state index contributed by atoms with van der Waals surface area (Å²) >= 11 is 0. The van der Waals surface area contributed by atoms with Crippen LogP contribution < -0.4 is 20.1 Å². The molecule has 0 amide bonds. The van der Waals surface area contributed by atoms with Crippen molar-refractivity contribution in [2.75, 3.05) is 19.1 Å². The number of allylic oxidation sites excluding steroid dienone is 3. The summed E-state index contributed by atoms with van der Waals surface area (Å²) < 4.78 is 51.0. The summed E-state index contributed by atoms with van der Waals surface area (Å²) in [4.78, 5) is 14.6. The molecule has 0 spiro atoms. The van der Waals surface area contributed by atoms with Crippen LogP contribution >= 0.6 is 0 Å². The van der Waals surface area contributed by atoms with Crippen molar-refractivity contribution in [3.8, 4) is 17.6 Å². The molecule has 1 atom stereocenters. The van der Waals surface area contributed by atoms with E-state index in [1.807, 2.05) is 0 Å². The van der Waals surface area contributed by atoms with Crippen molar-refractivity contribution in [3.05, 3.63) is 76.3 Å². The molecule has 1 aliphatic carbocycles. The number of anilines is 1. The van der Waals surface area contributed by atoms with Crippen molar-refractivity contribution in [3.63, 3.8) is 0 Å². The molecule has 2 aromatic rings. The first-order valence-electron chi connectivity index (χ1n) is 10.6. The van der Waals surface area contributed by atoms with Crippen LogP contribution in [0.25, 0.3) is 0 Å². The van der Waals surface area contributed by atoms with Crippen LogP contribution in [0, 0.1) is 11.3 Å². The second-order valence-corrected chi connectivity index (χ2v) is 7.97. The van der Waals surface area contributed by atoms with Gasteiger partial charge in [0, 0.05) is 28.9 Å². The summed E-state index contributed by atoms with van der Waals surface area (Å²) in [6, 6.07) is 11.8. The number of benzene rings is 2. The van der Waals surface area contributed by atoms with Gasteiger partial charge in [0.25, 0.3) is 0 Å². The molecule has 0 saturated carbocycles. The molecule has 176 valence electrons. The zero-order valence-corrected chi connectivity index (χ0v) is 18.6. The zero-order chi connectivity index (χ0) is 24.6. The molecule has 6 nitrogen and oxygen atoms in total. The number of nitriles is 1. The number of carbonyl (C=O) groups is 1. The van der Waals surface area contributed by atoms with E-state index in [9.17, 15) is 23.2 Å². The number of hydrogen-bond donors (Lipinski definition) is 1. The van der Waals surface area contributed by atoms with E-state index in [0.717, 1.165) is 12.1 Å². The minimum Gasteiger partial charge on any atom is -0.497 e. The summed E-state index contributed by atoms with van der Waals surface area (Å²) in [5.74, 6) is -0.111. The molecule has 1 aliphatic heterocycles. The molecular formula is C25H22F3N3O3. The number of ketones is 1. The summed E-state index contributed by atoms with van der Waals surface area (Å²) in [5, 5.41) is 10.1. The van der Waals surface area contributed by atoms with Crippen molar-refractivity contribution in [1.29, 1.82) is 5.26 Å². The van der Waals surface area contributed by atoms with Crippen molar-refractivity contribution in [2.24, 2.45) is 5.73 Å². The Morgan fingerprint density at radius 3 is 2.53 bits per heavy atom. The van der Waals surface area contributed by atoms with Gasteiger partial charge in [-0.2, -0.15) is 18.4 Å². The van der Waals surface area contributed by atoms with E-state index in [-0.39, 0.29) is 29.3 Å². The molecule has 2 aromatic carbocycles. The topological polar surface area (TPSA) is 88.6 Å². The van der Waals surface area contributed by atoms with E-state index < -0.39 is 17.7 Å². The van der Waals surface area contributed by atoms with Gasteiger partial charge in [-0.25, -0.2) is 0 Å². The van der Waals surface area contributed by atoms with Gasteiger partial charge in [0.15, 0.2) is 5.78 Å². The molecule has 0 aromatic heterocycles. The Morgan fingerprint density at radius 1 is 1.12 bits per heavy atom. The number of rotatable bonds is 4. The maximum atomic E-state index is 13.4.